The van der Waals surface area contributed by atoms with Crippen LogP contribution in [0.4, 0.5) is 5.69 Å². The Morgan fingerprint density at radius 3 is 2.88 bits per heavy atom. The first kappa shape index (κ1) is 10.3. The van der Waals surface area contributed by atoms with E-state index in [4.69, 9.17) is 10.3 Å². The molecule has 0 amide bonds. The highest BCUT2D eigenvalue weighted by Crippen LogP contribution is 2.24. The van der Waals surface area contributed by atoms with Crippen LogP contribution in [-0.4, -0.2) is 10.1 Å². The predicted octanol–water partition coefficient (Wildman–Crippen LogP) is 1.71. The maximum absolute atomic E-state index is 10.6. The van der Waals surface area contributed by atoms with Gasteiger partial charge in [0, 0.05) is 30.3 Å². The van der Waals surface area contributed by atoms with Crippen molar-refractivity contribution in [2.75, 3.05) is 0 Å². The molecule has 2 rings (SSSR count). The van der Waals surface area contributed by atoms with Crippen LogP contribution in [0.5, 0.6) is 0 Å². The molecule has 1 heterocycles. The number of hydrogen-bond acceptors (Lipinski definition) is 5. The van der Waals surface area contributed by atoms with E-state index in [1.807, 2.05) is 0 Å². The molecule has 0 spiro atoms. The maximum atomic E-state index is 10.6. The molecular formula is C10H9N3O3. The van der Waals surface area contributed by atoms with Gasteiger partial charge >= 0.3 is 0 Å². The van der Waals surface area contributed by atoms with E-state index in [2.05, 4.69) is 5.16 Å². The Morgan fingerprint density at radius 2 is 2.25 bits per heavy atom. The topological polar surface area (TPSA) is 95.2 Å². The minimum absolute atomic E-state index is 0.0169. The molecule has 0 bridgehead atoms. The van der Waals surface area contributed by atoms with Gasteiger partial charge in [-0.3, -0.25) is 10.1 Å². The minimum atomic E-state index is -0.455. The van der Waals surface area contributed by atoms with E-state index in [0.717, 1.165) is 0 Å². The van der Waals surface area contributed by atoms with E-state index in [9.17, 15) is 10.1 Å². The quantitative estimate of drug-likeness (QED) is 0.626. The van der Waals surface area contributed by atoms with Crippen molar-refractivity contribution in [2.45, 2.75) is 6.54 Å². The number of nitrogens with two attached hydrogens (primary N) is 1. The van der Waals surface area contributed by atoms with Crippen molar-refractivity contribution in [3.8, 4) is 11.3 Å². The molecule has 82 valence electrons. The van der Waals surface area contributed by atoms with Crippen LogP contribution in [0.15, 0.2) is 34.9 Å². The first-order valence-electron chi connectivity index (χ1n) is 4.61. The summed E-state index contributed by atoms with van der Waals surface area (Å²) in [5.74, 6) is 0.476. The molecule has 0 saturated heterocycles. The summed E-state index contributed by atoms with van der Waals surface area (Å²) in [6.07, 6.45) is 0. The lowest BCUT2D eigenvalue weighted by Crippen LogP contribution is -1.94. The molecule has 1 aromatic heterocycles. The number of non-ortho nitro benzene ring substituents is 1. The van der Waals surface area contributed by atoms with Crippen LogP contribution in [0.25, 0.3) is 11.3 Å². The molecule has 0 aliphatic carbocycles. The summed E-state index contributed by atoms with van der Waals surface area (Å²) in [5.41, 5.74) is 6.63. The van der Waals surface area contributed by atoms with Crippen molar-refractivity contribution in [3.63, 3.8) is 0 Å². The first-order chi connectivity index (χ1) is 7.70. The third-order valence-electron chi connectivity index (χ3n) is 2.11. The average molecular weight is 219 g/mol. The number of nitrogens with zero attached hydrogens (tertiary/aromatic N) is 2. The fourth-order valence-corrected chi connectivity index (χ4v) is 1.32. The highest BCUT2D eigenvalue weighted by molar-refractivity contribution is 5.60. The van der Waals surface area contributed by atoms with Crippen molar-refractivity contribution in [1.29, 1.82) is 0 Å². The zero-order valence-electron chi connectivity index (χ0n) is 8.29. The Labute approximate surface area is 90.8 Å². The molecule has 0 aliphatic heterocycles. The van der Waals surface area contributed by atoms with Gasteiger partial charge in [0.05, 0.1) is 10.6 Å². The van der Waals surface area contributed by atoms with Crippen LogP contribution < -0.4 is 5.73 Å². The van der Waals surface area contributed by atoms with E-state index in [1.165, 1.54) is 12.1 Å². The van der Waals surface area contributed by atoms with E-state index < -0.39 is 4.92 Å². The highest BCUT2D eigenvalue weighted by Gasteiger charge is 2.10. The smallest absolute Gasteiger partial charge is 0.270 e. The van der Waals surface area contributed by atoms with E-state index >= 15 is 0 Å². The van der Waals surface area contributed by atoms with E-state index in [1.54, 1.807) is 18.2 Å². The number of nitro benzene ring substituents is 1. The normalized spacial score (nSPS) is 10.3. The van der Waals surface area contributed by atoms with Crippen LogP contribution in [0.2, 0.25) is 0 Å². The van der Waals surface area contributed by atoms with E-state index in [0.29, 0.717) is 17.0 Å². The van der Waals surface area contributed by atoms with Gasteiger partial charge in [-0.25, -0.2) is 0 Å². The Kier molecular flexibility index (Phi) is 2.65. The van der Waals surface area contributed by atoms with Crippen molar-refractivity contribution in [2.24, 2.45) is 5.73 Å². The van der Waals surface area contributed by atoms with E-state index in [-0.39, 0.29) is 12.2 Å². The zero-order chi connectivity index (χ0) is 11.5. The SMILES string of the molecule is NCc1cc(-c2cccc([N+](=O)[O-])c2)on1. The Balaban J connectivity index is 2.40. The van der Waals surface area contributed by atoms with Crippen molar-refractivity contribution >= 4 is 5.69 Å². The van der Waals surface area contributed by atoms with Gasteiger partial charge in [-0.2, -0.15) is 0 Å². The highest BCUT2D eigenvalue weighted by atomic mass is 16.6. The largest absolute Gasteiger partial charge is 0.356 e. The average Bonchev–Trinajstić information content (AvgIpc) is 2.77. The van der Waals surface area contributed by atoms with Crippen molar-refractivity contribution < 1.29 is 9.45 Å². The summed E-state index contributed by atoms with van der Waals surface area (Å²) in [6, 6.07) is 7.83. The van der Waals surface area contributed by atoms with Gasteiger partial charge in [-0.15, -0.1) is 0 Å². The molecular weight excluding hydrogens is 210 g/mol. The summed E-state index contributed by atoms with van der Waals surface area (Å²) in [4.78, 5) is 10.1. The number of aromatic nitrogens is 1. The molecule has 0 fully saturated rings. The second-order valence-electron chi connectivity index (χ2n) is 3.19. The lowest BCUT2D eigenvalue weighted by Gasteiger charge is -1.94. The molecule has 0 radical (unpaired) electrons. The molecule has 2 N–H and O–H groups in total. The van der Waals surface area contributed by atoms with Crippen molar-refractivity contribution in [1.82, 2.24) is 5.16 Å². The Hall–Kier alpha value is -2.21. The Morgan fingerprint density at radius 1 is 1.44 bits per heavy atom. The van der Waals surface area contributed by atoms with Crippen molar-refractivity contribution in [3.05, 3.63) is 46.1 Å². The first-order valence-corrected chi connectivity index (χ1v) is 4.61. The maximum Gasteiger partial charge on any atom is 0.270 e. The number of nitro groups is 1. The number of rotatable bonds is 3. The van der Waals surface area contributed by atoms with Crippen LogP contribution in [0, 0.1) is 10.1 Å². The van der Waals surface area contributed by atoms with Crippen LogP contribution in [0.1, 0.15) is 5.69 Å². The van der Waals surface area contributed by atoms with Crippen LogP contribution in [-0.2, 0) is 6.54 Å². The minimum Gasteiger partial charge on any atom is -0.356 e. The predicted molar refractivity (Wildman–Crippen MR) is 56.5 cm³/mol. The summed E-state index contributed by atoms with van der Waals surface area (Å²) < 4.78 is 5.02. The molecule has 6 heteroatoms. The molecule has 0 aliphatic rings. The zero-order valence-corrected chi connectivity index (χ0v) is 8.29. The molecule has 0 atom stereocenters. The van der Waals surface area contributed by atoms with Gasteiger partial charge < -0.3 is 10.3 Å². The van der Waals surface area contributed by atoms with Crippen LogP contribution in [0.3, 0.4) is 0 Å². The molecule has 0 saturated carbocycles. The summed E-state index contributed by atoms with van der Waals surface area (Å²) in [6.45, 7) is 0.276. The van der Waals surface area contributed by atoms with Gasteiger partial charge in [0.1, 0.15) is 0 Å². The fourth-order valence-electron chi connectivity index (χ4n) is 1.32. The summed E-state index contributed by atoms with van der Waals surface area (Å²) >= 11 is 0. The van der Waals surface area contributed by atoms with Gasteiger partial charge in [0.15, 0.2) is 5.76 Å². The Bertz CT molecular complexity index is 522. The van der Waals surface area contributed by atoms with Crippen LogP contribution >= 0.6 is 0 Å². The second-order valence-corrected chi connectivity index (χ2v) is 3.19. The molecule has 6 nitrogen and oxygen atoms in total. The molecule has 2 aromatic rings. The van der Waals surface area contributed by atoms with Gasteiger partial charge in [-0.05, 0) is 0 Å². The summed E-state index contributed by atoms with van der Waals surface area (Å²) in [5, 5.41) is 14.3. The van der Waals surface area contributed by atoms with Gasteiger partial charge in [0.2, 0.25) is 0 Å². The number of hydrogen-bond donors (Lipinski definition) is 1. The monoisotopic (exact) mass is 219 g/mol. The lowest BCUT2D eigenvalue weighted by atomic mass is 10.1. The lowest BCUT2D eigenvalue weighted by molar-refractivity contribution is -0.384. The second kappa shape index (κ2) is 4.11. The molecule has 0 unspecified atom stereocenters. The summed E-state index contributed by atoms with van der Waals surface area (Å²) in [7, 11) is 0. The standard InChI is InChI=1S/C10H9N3O3/c11-6-8-5-10(16-12-8)7-2-1-3-9(4-7)13(14)15/h1-5H,6,11H2. The van der Waals surface area contributed by atoms with Gasteiger partial charge in [-0.1, -0.05) is 17.3 Å². The number of benzene rings is 1. The fraction of sp³-hybridized carbons (Fsp3) is 0.100. The molecule has 1 aromatic carbocycles. The van der Waals surface area contributed by atoms with Gasteiger partial charge in [0.25, 0.3) is 5.69 Å². The third-order valence-corrected chi connectivity index (χ3v) is 2.11. The third kappa shape index (κ3) is 1.91. The molecule has 16 heavy (non-hydrogen) atoms.